The zero-order chi connectivity index (χ0) is 21.8. The molecule has 6 nitrogen and oxygen atoms in total. The summed E-state index contributed by atoms with van der Waals surface area (Å²) in [6.45, 7) is 4.67. The predicted octanol–water partition coefficient (Wildman–Crippen LogP) is 6.15. The summed E-state index contributed by atoms with van der Waals surface area (Å²) in [4.78, 5) is 29.2. The summed E-state index contributed by atoms with van der Waals surface area (Å²) >= 11 is 13.6. The van der Waals surface area contributed by atoms with Crippen LogP contribution in [0.25, 0.3) is 11.3 Å². The van der Waals surface area contributed by atoms with Gasteiger partial charge in [0.05, 0.1) is 21.2 Å². The highest BCUT2D eigenvalue weighted by Gasteiger charge is 2.18. The average molecular weight is 464 g/mol. The van der Waals surface area contributed by atoms with Gasteiger partial charge >= 0.3 is 0 Å². The minimum atomic E-state index is -0.613. The topological polar surface area (TPSA) is 77.5 Å². The number of non-ortho nitro benzene ring substituents is 1. The number of halogens is 2. The number of nitro benzene ring substituents is 1. The van der Waals surface area contributed by atoms with E-state index in [0.717, 1.165) is 35.0 Å². The van der Waals surface area contributed by atoms with Crippen molar-refractivity contribution in [3.05, 3.63) is 77.9 Å². The lowest BCUT2D eigenvalue weighted by molar-refractivity contribution is -0.384. The third kappa shape index (κ3) is 4.64. The summed E-state index contributed by atoms with van der Waals surface area (Å²) in [7, 11) is 0. The second-order valence-corrected chi connectivity index (χ2v) is 8.40. The van der Waals surface area contributed by atoms with Crippen LogP contribution in [0.5, 0.6) is 0 Å². The molecule has 0 saturated carbocycles. The summed E-state index contributed by atoms with van der Waals surface area (Å²) in [5.41, 5.74) is 1.79. The summed E-state index contributed by atoms with van der Waals surface area (Å²) in [6.07, 6.45) is 1.78. The van der Waals surface area contributed by atoms with E-state index in [0.29, 0.717) is 16.4 Å². The Morgan fingerprint density at radius 2 is 1.87 bits per heavy atom. The standard InChI is InChI=1S/C21H19Cl2N3O3S/c1-3-5-18-19(13-6-8-14(22)9-7-13)25(4-2)21(30-18)24-20(27)16-12-15(26(28)29)10-11-17(16)23/h6-12H,3-5H2,1-2H3. The van der Waals surface area contributed by atoms with Crippen LogP contribution in [0.2, 0.25) is 10.0 Å². The largest absolute Gasteiger partial charge is 0.316 e. The Labute approximate surface area is 187 Å². The van der Waals surface area contributed by atoms with Gasteiger partial charge in [-0.05, 0) is 37.1 Å². The van der Waals surface area contributed by atoms with Crippen molar-refractivity contribution in [3.8, 4) is 11.3 Å². The van der Waals surface area contributed by atoms with Crippen molar-refractivity contribution in [2.24, 2.45) is 4.99 Å². The summed E-state index contributed by atoms with van der Waals surface area (Å²) in [6, 6.07) is 11.3. The molecule has 30 heavy (non-hydrogen) atoms. The maximum atomic E-state index is 12.8. The van der Waals surface area contributed by atoms with E-state index in [9.17, 15) is 14.9 Å². The van der Waals surface area contributed by atoms with Gasteiger partial charge in [-0.2, -0.15) is 4.99 Å². The highest BCUT2D eigenvalue weighted by molar-refractivity contribution is 7.09. The molecule has 1 amide bonds. The van der Waals surface area contributed by atoms with Crippen LogP contribution in [0.15, 0.2) is 47.5 Å². The van der Waals surface area contributed by atoms with E-state index in [1.807, 2.05) is 35.8 Å². The van der Waals surface area contributed by atoms with Gasteiger partial charge in [0.25, 0.3) is 11.6 Å². The minimum Gasteiger partial charge on any atom is -0.316 e. The van der Waals surface area contributed by atoms with Crippen LogP contribution < -0.4 is 4.80 Å². The molecule has 0 spiro atoms. The average Bonchev–Trinajstić information content (AvgIpc) is 3.05. The zero-order valence-corrected chi connectivity index (χ0v) is 18.7. The summed E-state index contributed by atoms with van der Waals surface area (Å²) in [5, 5.41) is 11.8. The Morgan fingerprint density at radius 3 is 2.47 bits per heavy atom. The van der Waals surface area contributed by atoms with E-state index >= 15 is 0 Å². The van der Waals surface area contributed by atoms with Crippen molar-refractivity contribution in [3.63, 3.8) is 0 Å². The van der Waals surface area contributed by atoms with Crippen molar-refractivity contribution in [1.82, 2.24) is 4.57 Å². The summed E-state index contributed by atoms with van der Waals surface area (Å²) in [5.74, 6) is -0.613. The highest BCUT2D eigenvalue weighted by atomic mass is 35.5. The number of nitrogens with zero attached hydrogens (tertiary/aromatic N) is 3. The maximum absolute atomic E-state index is 12.8. The maximum Gasteiger partial charge on any atom is 0.281 e. The first kappa shape index (κ1) is 22.2. The van der Waals surface area contributed by atoms with Crippen molar-refractivity contribution in [2.45, 2.75) is 33.2 Å². The Morgan fingerprint density at radius 1 is 1.17 bits per heavy atom. The monoisotopic (exact) mass is 463 g/mol. The number of aryl methyl sites for hydroxylation is 1. The van der Waals surface area contributed by atoms with Gasteiger partial charge in [0.1, 0.15) is 0 Å². The molecule has 0 aliphatic heterocycles. The number of rotatable bonds is 6. The molecule has 0 fully saturated rings. The zero-order valence-electron chi connectivity index (χ0n) is 16.4. The van der Waals surface area contributed by atoms with Gasteiger partial charge in [0.15, 0.2) is 4.80 Å². The molecule has 156 valence electrons. The van der Waals surface area contributed by atoms with Gasteiger partial charge in [0, 0.05) is 28.6 Å². The SMILES string of the molecule is CCCc1sc(=NC(=O)c2cc([N+](=O)[O-])ccc2Cl)n(CC)c1-c1ccc(Cl)cc1. The van der Waals surface area contributed by atoms with E-state index in [-0.39, 0.29) is 16.3 Å². The number of aromatic nitrogens is 1. The van der Waals surface area contributed by atoms with Crippen LogP contribution in [0.1, 0.15) is 35.5 Å². The third-order valence-electron chi connectivity index (χ3n) is 4.48. The molecule has 0 aliphatic carbocycles. The van der Waals surface area contributed by atoms with Gasteiger partial charge in [-0.15, -0.1) is 11.3 Å². The molecule has 0 aliphatic rings. The van der Waals surface area contributed by atoms with E-state index in [1.54, 1.807) is 0 Å². The number of amides is 1. The molecular formula is C21H19Cl2N3O3S. The molecule has 3 aromatic rings. The van der Waals surface area contributed by atoms with Gasteiger partial charge in [-0.1, -0.05) is 48.7 Å². The number of carbonyl (C=O) groups is 1. The first-order valence-electron chi connectivity index (χ1n) is 9.37. The fourth-order valence-electron chi connectivity index (χ4n) is 3.10. The number of carbonyl (C=O) groups excluding carboxylic acids is 1. The first-order chi connectivity index (χ1) is 14.3. The fourth-order valence-corrected chi connectivity index (χ4v) is 4.73. The van der Waals surface area contributed by atoms with Crippen molar-refractivity contribution in [2.75, 3.05) is 0 Å². The minimum absolute atomic E-state index is 0.00649. The molecule has 2 aromatic carbocycles. The second kappa shape index (κ2) is 9.55. The van der Waals surface area contributed by atoms with Gasteiger partial charge < -0.3 is 4.57 Å². The lowest BCUT2D eigenvalue weighted by Gasteiger charge is -2.09. The molecule has 9 heteroatoms. The van der Waals surface area contributed by atoms with E-state index in [1.165, 1.54) is 23.5 Å². The molecule has 1 aromatic heterocycles. The van der Waals surface area contributed by atoms with Crippen LogP contribution in [0, 0.1) is 10.1 Å². The molecule has 0 atom stereocenters. The first-order valence-corrected chi connectivity index (χ1v) is 10.9. The predicted molar refractivity (Wildman–Crippen MR) is 120 cm³/mol. The van der Waals surface area contributed by atoms with Crippen LogP contribution in [-0.4, -0.2) is 15.4 Å². The Balaban J connectivity index is 2.16. The third-order valence-corrected chi connectivity index (χ3v) is 6.20. The normalized spacial score (nSPS) is 11.7. The quantitative estimate of drug-likeness (QED) is 0.325. The van der Waals surface area contributed by atoms with Gasteiger partial charge in [-0.3, -0.25) is 14.9 Å². The van der Waals surface area contributed by atoms with Gasteiger partial charge in [-0.25, -0.2) is 0 Å². The van der Waals surface area contributed by atoms with E-state index < -0.39 is 10.8 Å². The summed E-state index contributed by atoms with van der Waals surface area (Å²) < 4.78 is 1.97. The fraction of sp³-hybridized carbons (Fsp3) is 0.238. The molecule has 0 radical (unpaired) electrons. The number of thiazole rings is 1. The molecule has 0 bridgehead atoms. The Bertz CT molecular complexity index is 1170. The molecule has 0 unspecified atom stereocenters. The van der Waals surface area contributed by atoms with Gasteiger partial charge in [0.2, 0.25) is 0 Å². The number of benzene rings is 2. The molecule has 3 rings (SSSR count). The van der Waals surface area contributed by atoms with Crippen LogP contribution in [0.3, 0.4) is 0 Å². The number of hydrogen-bond donors (Lipinski definition) is 0. The number of hydrogen-bond acceptors (Lipinski definition) is 4. The smallest absolute Gasteiger partial charge is 0.281 e. The number of nitro groups is 1. The molecule has 1 heterocycles. The molecular weight excluding hydrogens is 445 g/mol. The van der Waals surface area contributed by atoms with E-state index in [4.69, 9.17) is 23.2 Å². The Kier molecular flexibility index (Phi) is 7.07. The van der Waals surface area contributed by atoms with E-state index in [2.05, 4.69) is 11.9 Å². The van der Waals surface area contributed by atoms with Crippen molar-refractivity contribution < 1.29 is 9.72 Å². The highest BCUT2D eigenvalue weighted by Crippen LogP contribution is 2.29. The van der Waals surface area contributed by atoms with Crippen molar-refractivity contribution in [1.29, 1.82) is 0 Å². The lowest BCUT2D eigenvalue weighted by Crippen LogP contribution is -2.17. The lowest BCUT2D eigenvalue weighted by atomic mass is 10.1. The molecule has 0 N–H and O–H groups in total. The Hall–Kier alpha value is -2.48. The van der Waals surface area contributed by atoms with Crippen molar-refractivity contribution >= 4 is 46.1 Å². The second-order valence-electron chi connectivity index (χ2n) is 6.50. The molecule has 0 saturated heterocycles. The van der Waals surface area contributed by atoms with Crippen LogP contribution in [0.4, 0.5) is 5.69 Å². The van der Waals surface area contributed by atoms with Crippen LogP contribution in [-0.2, 0) is 13.0 Å². The van der Waals surface area contributed by atoms with Crippen LogP contribution >= 0.6 is 34.5 Å².